The molecule has 0 spiro atoms. The zero-order valence-corrected chi connectivity index (χ0v) is 72.0. The Morgan fingerprint density at radius 1 is 0.441 bits per heavy atom. The molecule has 0 bridgehead atoms. The van der Waals surface area contributed by atoms with E-state index in [1.54, 1.807) is 42.4 Å². The van der Waals surface area contributed by atoms with Crippen LogP contribution in [-0.2, 0) is 11.2 Å². The topological polar surface area (TPSA) is 419 Å². The van der Waals surface area contributed by atoms with Crippen molar-refractivity contribution >= 4 is 190 Å². The Morgan fingerprint density at radius 2 is 0.898 bits per heavy atom. The number of anilines is 10. The highest BCUT2D eigenvalue weighted by Gasteiger charge is 2.28. The number of rotatable bonds is 20. The van der Waals surface area contributed by atoms with Gasteiger partial charge in [0.2, 0.25) is 0 Å². The van der Waals surface area contributed by atoms with Gasteiger partial charge in [-0.05, 0) is 127 Å². The number of ketones is 2. The number of aromatic nitrogens is 19. The lowest BCUT2D eigenvalue weighted by Crippen LogP contribution is -2.21. The molecule has 642 valence electrons. The van der Waals surface area contributed by atoms with Gasteiger partial charge in [-0.25, -0.2) is 23.7 Å². The van der Waals surface area contributed by atoms with Gasteiger partial charge in [-0.1, -0.05) is 98.6 Å². The molecular formula is C93H88F2N24O7S. The molecule has 0 radical (unpaired) electrons. The maximum Gasteiger partial charge on any atom is 0.192 e. The second-order valence-corrected chi connectivity index (χ2v) is 34.5. The molecule has 16 aromatic heterocycles. The standard InChI is InChI=1S/C21H23N5O2.C20H16N6O2S.C18H17F2N5O.2C17H16N4O/c1-12(10-17(27)21(2,3)4)18-14-8-7-13(11-16(14)28-26-18)23-20-19-15(24-25-20)6-5-9-22-19;1-11(9-15(27)20-22-7-8-29-20)17-13-5-4-12(10-16(13)28-26-17)23-19-18-14(24-25-19)3-2-6-21-18;1-18(2,3)7-13-15-11(20)5-10(6-14(15)26-25-13)22-17-16-12(23-24-17)4-9(19)8-21-16;1-10(2)13-9-22-15-8-11(5-6-12(13)15)19-17-16-14(20-21-17)4-3-7-18-16;1-10(2)14-9-22-15-8-11(5-6-12(14)15)19-17-13-4-3-7-18-16(13)20-21-17/h5-9,11-12H,10H2,1-4H3,(H2,23,24,25);2-8,10-11H,9H2,1H3,(H2,23,24,25);4-6,8H,7H2,1-3H3,(H2,22,23,24);3-10H,1-2H3,(H2,19,20,21);3-10H,1-2H3,(H2,18,19,20,21). The molecule has 10 N–H and O–H groups in total. The molecule has 127 heavy (non-hydrogen) atoms. The van der Waals surface area contributed by atoms with Crippen LogP contribution in [0, 0.1) is 22.5 Å². The number of aromatic amines is 5. The summed E-state index contributed by atoms with van der Waals surface area (Å²) in [7, 11) is 0. The fraction of sp³-hybridized carbons (Fsp3) is 0.226. The summed E-state index contributed by atoms with van der Waals surface area (Å²) in [4.78, 5) is 50.1. The molecule has 2 unspecified atom stereocenters. The van der Waals surface area contributed by atoms with Crippen LogP contribution in [0.1, 0.15) is 158 Å². The van der Waals surface area contributed by atoms with Gasteiger partial charge in [0.25, 0.3) is 0 Å². The van der Waals surface area contributed by atoms with Crippen molar-refractivity contribution < 1.29 is 40.8 Å². The fourth-order valence-electron chi connectivity index (χ4n) is 14.6. The van der Waals surface area contributed by atoms with Gasteiger partial charge in [0.15, 0.2) is 56.5 Å². The van der Waals surface area contributed by atoms with E-state index in [4.69, 9.17) is 22.4 Å². The molecule has 0 saturated heterocycles. The smallest absolute Gasteiger partial charge is 0.192 e. The van der Waals surface area contributed by atoms with Crippen LogP contribution in [0.5, 0.6) is 0 Å². The minimum Gasteiger partial charge on any atom is -0.464 e. The van der Waals surface area contributed by atoms with Crippen molar-refractivity contribution in [1.29, 1.82) is 0 Å². The average molecular weight is 1720 g/mol. The predicted octanol–water partition coefficient (Wildman–Crippen LogP) is 23.5. The van der Waals surface area contributed by atoms with E-state index in [0.29, 0.717) is 110 Å². The number of fused-ring (bicyclic) bond motifs is 10. The van der Waals surface area contributed by atoms with Crippen LogP contribution >= 0.6 is 11.3 Å². The highest BCUT2D eigenvalue weighted by Crippen LogP contribution is 2.39. The van der Waals surface area contributed by atoms with Crippen LogP contribution in [0.3, 0.4) is 0 Å². The Bertz CT molecular complexity index is 7360. The molecule has 21 aromatic rings. The van der Waals surface area contributed by atoms with Crippen molar-refractivity contribution in [3.8, 4) is 0 Å². The first-order valence-electron chi connectivity index (χ1n) is 41.1. The first-order valence-corrected chi connectivity index (χ1v) is 42.0. The number of benzene rings is 5. The third kappa shape index (κ3) is 18.5. The minimum atomic E-state index is -0.465. The number of halogens is 2. The molecule has 16 heterocycles. The molecule has 2 atom stereocenters. The van der Waals surface area contributed by atoms with E-state index < -0.39 is 11.6 Å². The van der Waals surface area contributed by atoms with Crippen LogP contribution in [0.4, 0.5) is 66.3 Å². The number of nitrogens with one attached hydrogen (secondary N) is 10. The molecule has 0 saturated carbocycles. The van der Waals surface area contributed by atoms with Gasteiger partial charge in [-0.3, -0.25) is 50.0 Å². The lowest BCUT2D eigenvalue weighted by Gasteiger charge is -2.18. The lowest BCUT2D eigenvalue weighted by molar-refractivity contribution is -0.126. The fourth-order valence-corrected chi connectivity index (χ4v) is 15.2. The van der Waals surface area contributed by atoms with E-state index in [2.05, 4.69) is 184 Å². The molecule has 0 aliphatic rings. The number of Topliss-reactive ketones (excluding diaryl/α,β-unsaturated/α-hetero) is 2. The van der Waals surface area contributed by atoms with Crippen molar-refractivity contribution in [3.63, 3.8) is 0 Å². The van der Waals surface area contributed by atoms with Gasteiger partial charge in [0.05, 0.1) is 68.6 Å². The maximum atomic E-state index is 14.7. The SMILES string of the molecule is CC(C)(C)Cc1noc2cc(Nc3n[nH]c4cc(F)cnc34)cc(F)c12.CC(C)c1coc2cc(Nc3[nH]nc4ncccc34)ccc12.CC(C)c1coc2cc(Nc3n[nH]c4cccnc34)ccc12.CC(CC(=O)C(C)(C)C)c1noc2cc(Nc3n[nH]c4cccnc34)ccc12.CC(CC(=O)c1nccs1)c1noc2cc(Nc3n[nH]c4cccnc34)ccc12. The lowest BCUT2D eigenvalue weighted by atomic mass is 9.84. The summed E-state index contributed by atoms with van der Waals surface area (Å²) in [5.41, 5.74) is 18.2. The number of pyridine rings is 5. The van der Waals surface area contributed by atoms with Crippen molar-refractivity contribution in [3.05, 3.63) is 239 Å². The quantitative estimate of drug-likeness (QED) is 0.0317. The Labute approximate surface area is 726 Å². The molecular weight excluding hydrogens is 1640 g/mol. The first kappa shape index (κ1) is 83.8. The van der Waals surface area contributed by atoms with Gasteiger partial charge in [-0.2, -0.15) is 25.5 Å². The third-order valence-electron chi connectivity index (χ3n) is 21.2. The number of thiazole rings is 1. The van der Waals surface area contributed by atoms with Gasteiger partial charge in [0.1, 0.15) is 56.5 Å². The van der Waals surface area contributed by atoms with Gasteiger partial charge in [0, 0.05) is 164 Å². The van der Waals surface area contributed by atoms with Crippen LogP contribution in [-0.4, -0.2) is 108 Å². The van der Waals surface area contributed by atoms with Crippen molar-refractivity contribution in [1.82, 2.24) is 96.4 Å². The Morgan fingerprint density at radius 3 is 1.40 bits per heavy atom. The Hall–Kier alpha value is -15.5. The van der Waals surface area contributed by atoms with Crippen LogP contribution in [0.25, 0.3) is 110 Å². The second-order valence-electron chi connectivity index (χ2n) is 33.6. The van der Waals surface area contributed by atoms with E-state index in [-0.39, 0.29) is 34.2 Å². The minimum absolute atomic E-state index is 0.00808. The van der Waals surface area contributed by atoms with E-state index in [0.717, 1.165) is 117 Å². The number of hydrogen-bond donors (Lipinski definition) is 10. The number of H-pyrrole nitrogens is 5. The molecule has 0 aliphatic heterocycles. The number of carbonyl (C=O) groups is 2. The number of furan rings is 2. The van der Waals surface area contributed by atoms with Gasteiger partial charge < -0.3 is 49.0 Å². The maximum absolute atomic E-state index is 14.7. The third-order valence-corrected chi connectivity index (χ3v) is 22.0. The highest BCUT2D eigenvalue weighted by molar-refractivity contribution is 7.11. The van der Waals surface area contributed by atoms with E-state index in [9.17, 15) is 18.4 Å². The summed E-state index contributed by atoms with van der Waals surface area (Å²) in [5.74, 6) is 3.35. The average Bonchev–Trinajstić information content (AvgIpc) is 1.65. The van der Waals surface area contributed by atoms with Gasteiger partial charge >= 0.3 is 0 Å². The van der Waals surface area contributed by atoms with Crippen molar-refractivity contribution in [2.45, 2.75) is 126 Å². The zero-order chi connectivity index (χ0) is 88.4. The summed E-state index contributed by atoms with van der Waals surface area (Å²) >= 11 is 1.35. The number of hydrogen-bond acceptors (Lipinski definition) is 27. The van der Waals surface area contributed by atoms with Crippen molar-refractivity contribution in [2.24, 2.45) is 10.8 Å². The van der Waals surface area contributed by atoms with Gasteiger partial charge in [-0.15, -0.1) is 11.3 Å². The number of carbonyl (C=O) groups excluding carboxylic acids is 2. The summed E-state index contributed by atoms with van der Waals surface area (Å²) in [6.45, 7) is 24.6. The zero-order valence-electron chi connectivity index (χ0n) is 71.2. The number of nitrogens with zero attached hydrogens (tertiary/aromatic N) is 14. The monoisotopic (exact) mass is 1720 g/mol. The second kappa shape index (κ2) is 35.4. The molecule has 0 aliphatic carbocycles. The highest BCUT2D eigenvalue weighted by atomic mass is 32.1. The molecule has 31 nitrogen and oxygen atoms in total. The van der Waals surface area contributed by atoms with E-state index in [1.807, 2.05) is 156 Å². The summed E-state index contributed by atoms with van der Waals surface area (Å²) in [6, 6.07) is 43.4. The van der Waals surface area contributed by atoms with E-state index in [1.165, 1.54) is 34.6 Å². The van der Waals surface area contributed by atoms with E-state index >= 15 is 0 Å². The summed E-state index contributed by atoms with van der Waals surface area (Å²) in [5, 5.41) is 72.0. The molecule has 0 fully saturated rings. The molecule has 21 rings (SSSR count). The first-order chi connectivity index (χ1) is 61.3. The van der Waals surface area contributed by atoms with Crippen LogP contribution in [0.2, 0.25) is 0 Å². The normalized spacial score (nSPS) is 12.3. The summed E-state index contributed by atoms with van der Waals surface area (Å²) in [6.07, 6.45) is 14.7. The Balaban J connectivity index is 0.000000112. The largest absolute Gasteiger partial charge is 0.464 e. The van der Waals surface area contributed by atoms with Crippen molar-refractivity contribution in [2.75, 3.05) is 26.6 Å². The Kier molecular flexibility index (Phi) is 23.3. The molecule has 0 amide bonds. The predicted molar refractivity (Wildman–Crippen MR) is 489 cm³/mol. The molecule has 5 aromatic carbocycles. The molecule has 34 heteroatoms. The van der Waals surface area contributed by atoms with Crippen LogP contribution in [0.15, 0.2) is 217 Å². The van der Waals surface area contributed by atoms with Crippen LogP contribution < -0.4 is 26.6 Å². The summed E-state index contributed by atoms with van der Waals surface area (Å²) < 4.78 is 55.6.